The van der Waals surface area contributed by atoms with E-state index in [-0.39, 0.29) is 12.0 Å². The molecule has 1 saturated carbocycles. The Labute approximate surface area is 97.6 Å². The fourth-order valence-electron chi connectivity index (χ4n) is 2.02. The average molecular weight is 229 g/mol. The van der Waals surface area contributed by atoms with Gasteiger partial charge in [-0.25, -0.2) is 0 Å². The summed E-state index contributed by atoms with van der Waals surface area (Å²) in [6.45, 7) is 0.817. The molecule has 1 N–H and O–H groups in total. The second kappa shape index (κ2) is 6.86. The second-order valence-corrected chi connectivity index (χ2v) is 4.73. The molecule has 0 aromatic heterocycles. The smallest absolute Gasteiger partial charge is 0.224 e. The van der Waals surface area contributed by atoms with Gasteiger partial charge in [-0.15, -0.1) is 0 Å². The highest BCUT2D eigenvalue weighted by Gasteiger charge is 2.21. The molecule has 0 aromatic rings. The highest BCUT2D eigenvalue weighted by Crippen LogP contribution is 2.25. The lowest BCUT2D eigenvalue weighted by atomic mass is 9.88. The van der Waals surface area contributed by atoms with Gasteiger partial charge >= 0.3 is 0 Å². The zero-order chi connectivity index (χ0) is 12.0. The maximum Gasteiger partial charge on any atom is 0.224 e. The number of carbonyl (C=O) groups excluding carboxylic acids is 1. The summed E-state index contributed by atoms with van der Waals surface area (Å²) in [5.74, 6) is 0.576. The normalized spacial score (nSPS) is 25.4. The van der Waals surface area contributed by atoms with Gasteiger partial charge < -0.3 is 14.7 Å². The molecular formula is C12H23NO3. The molecule has 0 aliphatic heterocycles. The minimum atomic E-state index is 0.115. The summed E-state index contributed by atoms with van der Waals surface area (Å²) in [6, 6.07) is 0. The van der Waals surface area contributed by atoms with E-state index in [4.69, 9.17) is 9.84 Å². The van der Waals surface area contributed by atoms with Crippen LogP contribution in [-0.2, 0) is 9.53 Å². The number of carbonyl (C=O) groups is 1. The van der Waals surface area contributed by atoms with Crippen LogP contribution in [0.2, 0.25) is 0 Å². The first-order valence-electron chi connectivity index (χ1n) is 6.06. The van der Waals surface area contributed by atoms with Gasteiger partial charge in [-0.05, 0) is 31.6 Å². The van der Waals surface area contributed by atoms with Crippen LogP contribution in [-0.4, -0.2) is 49.3 Å². The number of ether oxygens (including phenoxy) is 1. The van der Waals surface area contributed by atoms with Gasteiger partial charge in [-0.3, -0.25) is 4.79 Å². The highest BCUT2D eigenvalue weighted by molar-refractivity contribution is 5.75. The van der Waals surface area contributed by atoms with Crippen molar-refractivity contribution in [1.29, 1.82) is 0 Å². The number of aliphatic hydroxyl groups is 1. The van der Waals surface area contributed by atoms with Gasteiger partial charge in [-0.2, -0.15) is 0 Å². The van der Waals surface area contributed by atoms with Crippen LogP contribution in [0.5, 0.6) is 0 Å². The van der Waals surface area contributed by atoms with Gasteiger partial charge in [0.2, 0.25) is 5.91 Å². The fraction of sp³-hybridized carbons (Fsp3) is 0.917. The number of rotatable bonds is 5. The first kappa shape index (κ1) is 13.5. The highest BCUT2D eigenvalue weighted by atomic mass is 16.5. The van der Waals surface area contributed by atoms with Crippen LogP contribution in [0.4, 0.5) is 0 Å². The molecule has 1 rings (SSSR count). The van der Waals surface area contributed by atoms with Crippen molar-refractivity contribution in [3.8, 4) is 0 Å². The first-order valence-corrected chi connectivity index (χ1v) is 6.06. The van der Waals surface area contributed by atoms with Crippen LogP contribution in [0.1, 0.15) is 32.1 Å². The number of hydrogen-bond acceptors (Lipinski definition) is 3. The number of nitrogens with zero attached hydrogens (tertiary/aromatic N) is 1. The monoisotopic (exact) mass is 229 g/mol. The van der Waals surface area contributed by atoms with Gasteiger partial charge in [0.25, 0.3) is 0 Å². The molecule has 0 unspecified atom stereocenters. The van der Waals surface area contributed by atoms with E-state index in [2.05, 4.69) is 0 Å². The van der Waals surface area contributed by atoms with Crippen molar-refractivity contribution in [3.63, 3.8) is 0 Å². The lowest BCUT2D eigenvalue weighted by Gasteiger charge is -2.27. The van der Waals surface area contributed by atoms with E-state index in [1.54, 1.807) is 19.0 Å². The Morgan fingerprint density at radius 2 is 1.94 bits per heavy atom. The molecule has 4 heteroatoms. The maximum atomic E-state index is 11.3. The van der Waals surface area contributed by atoms with Gasteiger partial charge in [0, 0.05) is 20.7 Å². The third kappa shape index (κ3) is 4.49. The Bertz CT molecular complexity index is 210. The molecule has 1 amide bonds. The quantitative estimate of drug-likeness (QED) is 0.766. The Balaban J connectivity index is 2.08. The molecule has 0 heterocycles. The third-order valence-corrected chi connectivity index (χ3v) is 3.22. The molecule has 16 heavy (non-hydrogen) atoms. The van der Waals surface area contributed by atoms with Crippen molar-refractivity contribution in [2.45, 2.75) is 38.2 Å². The Morgan fingerprint density at radius 1 is 1.31 bits per heavy atom. The summed E-state index contributed by atoms with van der Waals surface area (Å²) in [6.07, 6.45) is 4.87. The van der Waals surface area contributed by atoms with Crippen LogP contribution >= 0.6 is 0 Å². The summed E-state index contributed by atoms with van der Waals surface area (Å²) in [5, 5.41) is 9.00. The molecule has 4 nitrogen and oxygen atoms in total. The van der Waals surface area contributed by atoms with Crippen molar-refractivity contribution in [1.82, 2.24) is 4.90 Å². The first-order chi connectivity index (χ1) is 7.63. The van der Waals surface area contributed by atoms with E-state index >= 15 is 0 Å². The maximum absolute atomic E-state index is 11.3. The molecule has 0 aromatic carbocycles. The van der Waals surface area contributed by atoms with Gasteiger partial charge in [0.05, 0.1) is 19.1 Å². The van der Waals surface area contributed by atoms with Gasteiger partial charge in [0.1, 0.15) is 0 Å². The molecular weight excluding hydrogens is 206 g/mol. The molecule has 0 bridgehead atoms. The predicted molar refractivity (Wildman–Crippen MR) is 62.1 cm³/mol. The third-order valence-electron chi connectivity index (χ3n) is 3.22. The summed E-state index contributed by atoms with van der Waals surface area (Å²) in [4.78, 5) is 12.9. The molecule has 1 fully saturated rings. The lowest BCUT2D eigenvalue weighted by molar-refractivity contribution is -0.130. The van der Waals surface area contributed by atoms with Crippen LogP contribution < -0.4 is 0 Å². The number of amides is 1. The number of aliphatic hydroxyl groups excluding tert-OH is 1. The molecule has 0 spiro atoms. The van der Waals surface area contributed by atoms with Crippen LogP contribution in [0, 0.1) is 5.92 Å². The second-order valence-electron chi connectivity index (χ2n) is 4.73. The predicted octanol–water partition coefficient (Wildman–Crippen LogP) is 1.03. The minimum Gasteiger partial charge on any atom is -0.396 e. The summed E-state index contributed by atoms with van der Waals surface area (Å²) < 4.78 is 5.67. The fourth-order valence-corrected chi connectivity index (χ4v) is 2.02. The standard InChI is InChI=1S/C12H23NO3/c1-13(2)12(15)7-8-16-11-5-3-10(9-14)4-6-11/h10-11,14H,3-9H2,1-2H3. The molecule has 0 saturated heterocycles. The molecule has 94 valence electrons. The Kier molecular flexibility index (Phi) is 5.77. The van der Waals surface area contributed by atoms with E-state index in [9.17, 15) is 4.79 Å². The lowest BCUT2D eigenvalue weighted by Crippen LogP contribution is -2.26. The van der Waals surface area contributed by atoms with Crippen molar-refractivity contribution >= 4 is 5.91 Å². The molecule has 1 aliphatic rings. The SMILES string of the molecule is CN(C)C(=O)CCOC1CCC(CO)CC1. The van der Waals surface area contributed by atoms with Crippen LogP contribution in [0.3, 0.4) is 0 Å². The van der Waals surface area contributed by atoms with Crippen LogP contribution in [0.15, 0.2) is 0 Å². The van der Waals surface area contributed by atoms with Gasteiger partial charge in [0.15, 0.2) is 0 Å². The van der Waals surface area contributed by atoms with Gasteiger partial charge in [-0.1, -0.05) is 0 Å². The Morgan fingerprint density at radius 3 is 2.44 bits per heavy atom. The van der Waals surface area contributed by atoms with Crippen LogP contribution in [0.25, 0.3) is 0 Å². The molecule has 0 atom stereocenters. The topological polar surface area (TPSA) is 49.8 Å². The van der Waals surface area contributed by atoms with Crippen molar-refractivity contribution < 1.29 is 14.6 Å². The number of hydrogen-bond donors (Lipinski definition) is 1. The van der Waals surface area contributed by atoms with E-state index in [1.807, 2.05) is 0 Å². The van der Waals surface area contributed by atoms with Crippen molar-refractivity contribution in [3.05, 3.63) is 0 Å². The van der Waals surface area contributed by atoms with E-state index in [0.717, 1.165) is 25.7 Å². The zero-order valence-corrected chi connectivity index (χ0v) is 10.3. The summed E-state index contributed by atoms with van der Waals surface area (Å²) in [7, 11) is 3.52. The summed E-state index contributed by atoms with van der Waals surface area (Å²) in [5.41, 5.74) is 0. The van der Waals surface area contributed by atoms with E-state index in [0.29, 0.717) is 25.6 Å². The van der Waals surface area contributed by atoms with E-state index in [1.165, 1.54) is 0 Å². The Hall–Kier alpha value is -0.610. The minimum absolute atomic E-state index is 0.115. The summed E-state index contributed by atoms with van der Waals surface area (Å²) >= 11 is 0. The molecule has 1 aliphatic carbocycles. The van der Waals surface area contributed by atoms with E-state index < -0.39 is 0 Å². The van der Waals surface area contributed by atoms with Crippen molar-refractivity contribution in [2.75, 3.05) is 27.3 Å². The average Bonchev–Trinajstić information content (AvgIpc) is 2.29. The zero-order valence-electron chi connectivity index (χ0n) is 10.3. The largest absolute Gasteiger partial charge is 0.396 e. The molecule has 0 radical (unpaired) electrons. The van der Waals surface area contributed by atoms with Crippen molar-refractivity contribution in [2.24, 2.45) is 5.92 Å².